The molecular formula is C23H28N4O3. The lowest BCUT2D eigenvalue weighted by Gasteiger charge is -2.16. The van der Waals surface area contributed by atoms with Gasteiger partial charge in [0.05, 0.1) is 0 Å². The normalized spacial score (nSPS) is 16.7. The molecule has 3 heterocycles. The molecule has 2 saturated heterocycles. The molecule has 0 spiro atoms. The van der Waals surface area contributed by atoms with Crippen molar-refractivity contribution in [1.29, 1.82) is 0 Å². The molecule has 0 unspecified atom stereocenters. The topological polar surface area (TPSA) is 74.7 Å². The van der Waals surface area contributed by atoms with Gasteiger partial charge in [-0.15, -0.1) is 0 Å². The summed E-state index contributed by atoms with van der Waals surface area (Å²) in [5.41, 5.74) is 1.44. The molecule has 1 aromatic carbocycles. The summed E-state index contributed by atoms with van der Waals surface area (Å²) in [6, 6.07) is 10.9. The van der Waals surface area contributed by atoms with Crippen LogP contribution >= 0.6 is 0 Å². The van der Waals surface area contributed by atoms with Gasteiger partial charge in [0.2, 0.25) is 5.91 Å². The Hall–Kier alpha value is -2.93. The van der Waals surface area contributed by atoms with Crippen molar-refractivity contribution in [2.75, 3.05) is 31.5 Å². The van der Waals surface area contributed by atoms with Crippen LogP contribution in [0.3, 0.4) is 0 Å². The van der Waals surface area contributed by atoms with Gasteiger partial charge in [-0.25, -0.2) is 0 Å². The number of hydrogen-bond donors (Lipinski definition) is 1. The second-order valence-corrected chi connectivity index (χ2v) is 8.08. The molecule has 30 heavy (non-hydrogen) atoms. The van der Waals surface area contributed by atoms with Crippen molar-refractivity contribution in [3.63, 3.8) is 0 Å². The maximum absolute atomic E-state index is 12.7. The Morgan fingerprint density at radius 3 is 2.27 bits per heavy atom. The number of benzene rings is 1. The second kappa shape index (κ2) is 9.26. The standard InChI is InChI=1S/C23H28N4O3/c28-21(26-13-3-4-14-26)17-27-15-5-6-20(23(27)30)22(29)24-19-9-7-18(8-10-19)16-25-11-1-2-12-25/h5-10,15H,1-4,11-14,16-17H2,(H,24,29). The molecule has 1 N–H and O–H groups in total. The number of nitrogens with one attached hydrogen (secondary N) is 1. The molecule has 0 atom stereocenters. The van der Waals surface area contributed by atoms with Crippen molar-refractivity contribution in [2.24, 2.45) is 0 Å². The van der Waals surface area contributed by atoms with E-state index in [4.69, 9.17) is 0 Å². The molecule has 2 fully saturated rings. The van der Waals surface area contributed by atoms with E-state index >= 15 is 0 Å². The van der Waals surface area contributed by atoms with Crippen molar-refractivity contribution in [3.8, 4) is 0 Å². The van der Waals surface area contributed by atoms with Crippen LogP contribution < -0.4 is 10.9 Å². The van der Waals surface area contributed by atoms with Crippen LogP contribution in [0.15, 0.2) is 47.4 Å². The summed E-state index contributed by atoms with van der Waals surface area (Å²) < 4.78 is 1.31. The van der Waals surface area contributed by atoms with Crippen LogP contribution in [-0.4, -0.2) is 52.4 Å². The van der Waals surface area contributed by atoms with Crippen molar-refractivity contribution in [1.82, 2.24) is 14.4 Å². The van der Waals surface area contributed by atoms with Crippen LogP contribution in [0.5, 0.6) is 0 Å². The highest BCUT2D eigenvalue weighted by Gasteiger charge is 2.20. The molecule has 0 saturated carbocycles. The van der Waals surface area contributed by atoms with Crippen LogP contribution in [0.4, 0.5) is 5.69 Å². The minimum absolute atomic E-state index is 0.0351. The highest BCUT2D eigenvalue weighted by molar-refractivity contribution is 6.04. The summed E-state index contributed by atoms with van der Waals surface area (Å²) in [6.07, 6.45) is 6.07. The first-order valence-corrected chi connectivity index (χ1v) is 10.7. The maximum Gasteiger partial charge on any atom is 0.263 e. The molecule has 2 aliphatic rings. The van der Waals surface area contributed by atoms with Crippen LogP contribution in [0.2, 0.25) is 0 Å². The van der Waals surface area contributed by atoms with Gasteiger partial charge in [0.15, 0.2) is 0 Å². The molecule has 2 amide bonds. The first kappa shape index (κ1) is 20.3. The smallest absolute Gasteiger partial charge is 0.263 e. The number of pyridine rings is 1. The van der Waals surface area contributed by atoms with E-state index in [1.165, 1.54) is 29.0 Å². The molecule has 158 valence electrons. The average Bonchev–Trinajstić information content (AvgIpc) is 3.45. The fourth-order valence-corrected chi connectivity index (χ4v) is 4.14. The maximum atomic E-state index is 12.7. The minimum Gasteiger partial charge on any atom is -0.341 e. The number of carbonyl (C=O) groups excluding carboxylic acids is 2. The number of aromatic nitrogens is 1. The molecule has 0 aliphatic carbocycles. The van der Waals surface area contributed by atoms with Crippen LogP contribution in [-0.2, 0) is 17.9 Å². The van der Waals surface area contributed by atoms with Gasteiger partial charge in [-0.05, 0) is 68.6 Å². The van der Waals surface area contributed by atoms with E-state index in [1.807, 2.05) is 24.3 Å². The fourth-order valence-electron chi connectivity index (χ4n) is 4.14. The Balaban J connectivity index is 1.40. The number of hydrogen-bond acceptors (Lipinski definition) is 4. The zero-order chi connectivity index (χ0) is 20.9. The Bertz CT molecular complexity index is 955. The van der Waals surface area contributed by atoms with Gasteiger partial charge in [-0.1, -0.05) is 12.1 Å². The van der Waals surface area contributed by atoms with E-state index in [-0.39, 0.29) is 18.0 Å². The zero-order valence-corrected chi connectivity index (χ0v) is 17.2. The lowest BCUT2D eigenvalue weighted by Crippen LogP contribution is -2.36. The SMILES string of the molecule is O=C(Nc1ccc(CN2CCCC2)cc1)c1cccn(CC(=O)N2CCCC2)c1=O. The second-order valence-electron chi connectivity index (χ2n) is 8.08. The van der Waals surface area contributed by atoms with Crippen LogP contribution in [0.25, 0.3) is 0 Å². The predicted molar refractivity (Wildman–Crippen MR) is 115 cm³/mol. The number of rotatable bonds is 6. The highest BCUT2D eigenvalue weighted by atomic mass is 16.2. The Morgan fingerprint density at radius 2 is 1.57 bits per heavy atom. The molecule has 0 radical (unpaired) electrons. The quantitative estimate of drug-likeness (QED) is 0.796. The van der Waals surface area contributed by atoms with Crippen LogP contribution in [0.1, 0.15) is 41.6 Å². The van der Waals surface area contributed by atoms with Gasteiger partial charge in [0.25, 0.3) is 11.5 Å². The third-order valence-electron chi connectivity index (χ3n) is 5.85. The molecule has 2 aromatic rings. The van der Waals surface area contributed by atoms with Gasteiger partial charge >= 0.3 is 0 Å². The van der Waals surface area contributed by atoms with Crippen LogP contribution in [0, 0.1) is 0 Å². The summed E-state index contributed by atoms with van der Waals surface area (Å²) in [7, 11) is 0. The highest BCUT2D eigenvalue weighted by Crippen LogP contribution is 2.15. The third kappa shape index (κ3) is 4.79. The Morgan fingerprint density at radius 1 is 0.900 bits per heavy atom. The molecule has 4 rings (SSSR count). The fraction of sp³-hybridized carbons (Fsp3) is 0.435. The van der Waals surface area contributed by atoms with Gasteiger partial charge in [-0.2, -0.15) is 0 Å². The summed E-state index contributed by atoms with van der Waals surface area (Å²) in [5.74, 6) is -0.545. The number of anilines is 1. The molecular weight excluding hydrogens is 380 g/mol. The molecule has 7 nitrogen and oxygen atoms in total. The first-order valence-electron chi connectivity index (χ1n) is 10.7. The van der Waals surface area contributed by atoms with Gasteiger partial charge in [-0.3, -0.25) is 19.3 Å². The van der Waals surface area contributed by atoms with E-state index in [1.54, 1.807) is 17.2 Å². The third-order valence-corrected chi connectivity index (χ3v) is 5.85. The molecule has 7 heteroatoms. The number of carbonyl (C=O) groups is 2. The van der Waals surface area contributed by atoms with Crippen molar-refractivity contribution >= 4 is 17.5 Å². The van der Waals surface area contributed by atoms with Gasteiger partial charge in [0, 0.05) is 31.5 Å². The molecule has 2 aliphatic heterocycles. The Kier molecular flexibility index (Phi) is 6.28. The largest absolute Gasteiger partial charge is 0.341 e. The summed E-state index contributed by atoms with van der Waals surface area (Å²) in [4.78, 5) is 41.9. The van der Waals surface area contributed by atoms with E-state index in [2.05, 4.69) is 10.2 Å². The number of likely N-dealkylation sites (tertiary alicyclic amines) is 2. The van der Waals surface area contributed by atoms with Gasteiger partial charge < -0.3 is 14.8 Å². The van der Waals surface area contributed by atoms with Crippen molar-refractivity contribution in [3.05, 3.63) is 64.1 Å². The van der Waals surface area contributed by atoms with Crippen molar-refractivity contribution < 1.29 is 9.59 Å². The van der Waals surface area contributed by atoms with E-state index in [9.17, 15) is 14.4 Å². The number of amides is 2. The van der Waals surface area contributed by atoms with E-state index in [0.717, 1.165) is 45.6 Å². The number of nitrogens with zero attached hydrogens (tertiary/aromatic N) is 3. The molecule has 0 bridgehead atoms. The molecule has 1 aromatic heterocycles. The lowest BCUT2D eigenvalue weighted by molar-refractivity contribution is -0.130. The first-order chi connectivity index (χ1) is 14.6. The Labute approximate surface area is 176 Å². The average molecular weight is 409 g/mol. The zero-order valence-electron chi connectivity index (χ0n) is 17.2. The predicted octanol–water partition coefficient (Wildman–Crippen LogP) is 2.32. The van der Waals surface area contributed by atoms with E-state index in [0.29, 0.717) is 5.69 Å². The van der Waals surface area contributed by atoms with Crippen molar-refractivity contribution in [2.45, 2.75) is 38.8 Å². The summed E-state index contributed by atoms with van der Waals surface area (Å²) in [5, 5.41) is 2.79. The van der Waals surface area contributed by atoms with E-state index < -0.39 is 11.5 Å². The summed E-state index contributed by atoms with van der Waals surface area (Å²) >= 11 is 0. The summed E-state index contributed by atoms with van der Waals surface area (Å²) in [6.45, 7) is 4.63. The van der Waals surface area contributed by atoms with Gasteiger partial charge in [0.1, 0.15) is 12.1 Å². The monoisotopic (exact) mass is 408 g/mol. The minimum atomic E-state index is -0.463. The lowest BCUT2D eigenvalue weighted by atomic mass is 10.2.